The van der Waals surface area contributed by atoms with Crippen molar-refractivity contribution >= 4 is 11.8 Å². The van der Waals surface area contributed by atoms with Crippen molar-refractivity contribution in [3.8, 4) is 0 Å². The van der Waals surface area contributed by atoms with Crippen LogP contribution in [0.1, 0.15) is 11.5 Å². The molecular weight excluding hydrogens is 202 g/mol. The molecule has 0 radical (unpaired) electrons. The molecule has 3 nitrogen and oxygen atoms in total. The Morgan fingerprint density at radius 1 is 1.19 bits per heavy atom. The highest BCUT2D eigenvalue weighted by Crippen LogP contribution is 2.16. The first-order valence-electron chi connectivity index (χ1n) is 4.83. The van der Waals surface area contributed by atoms with Gasteiger partial charge in [-0.2, -0.15) is 0 Å². The van der Waals surface area contributed by atoms with Gasteiger partial charge in [-0.3, -0.25) is 14.9 Å². The van der Waals surface area contributed by atoms with Gasteiger partial charge in [0.25, 0.3) is 0 Å². The molecule has 0 aliphatic heterocycles. The van der Waals surface area contributed by atoms with Crippen LogP contribution in [0.2, 0.25) is 0 Å². The number of rotatable bonds is 4. The predicted octanol–water partition coefficient (Wildman–Crippen LogP) is 1.78. The van der Waals surface area contributed by atoms with Crippen LogP contribution < -0.4 is 5.32 Å². The van der Waals surface area contributed by atoms with Crippen LogP contribution >= 0.6 is 0 Å². The molecule has 0 aliphatic carbocycles. The molecule has 0 aromatic heterocycles. The van der Waals surface area contributed by atoms with Gasteiger partial charge in [-0.1, -0.05) is 43.0 Å². The molecule has 0 unspecified atom stereocenters. The van der Waals surface area contributed by atoms with Gasteiger partial charge in [0.15, 0.2) is 0 Å². The number of carbonyl (C=O) groups is 2. The quantitative estimate of drug-likeness (QED) is 0.614. The number of benzene rings is 1. The van der Waals surface area contributed by atoms with Crippen LogP contribution in [0.4, 0.5) is 0 Å². The molecule has 1 atom stereocenters. The van der Waals surface area contributed by atoms with Crippen LogP contribution in [-0.2, 0) is 9.59 Å². The fourth-order valence-electron chi connectivity index (χ4n) is 1.31. The van der Waals surface area contributed by atoms with E-state index in [9.17, 15) is 9.59 Å². The molecule has 3 heteroatoms. The topological polar surface area (TPSA) is 46.2 Å². The molecule has 0 spiro atoms. The molecular formula is C13H13NO2. The molecule has 0 fully saturated rings. The highest BCUT2D eigenvalue weighted by molar-refractivity contribution is 6.03. The zero-order valence-electron chi connectivity index (χ0n) is 8.85. The van der Waals surface area contributed by atoms with Gasteiger partial charge >= 0.3 is 0 Å². The highest BCUT2D eigenvalue weighted by Gasteiger charge is 2.17. The van der Waals surface area contributed by atoms with E-state index in [0.29, 0.717) is 0 Å². The maximum absolute atomic E-state index is 11.7. The minimum Gasteiger partial charge on any atom is -0.292 e. The fraction of sp³-hybridized carbons (Fsp3) is 0.0769. The van der Waals surface area contributed by atoms with Crippen LogP contribution in [0.5, 0.6) is 0 Å². The van der Waals surface area contributed by atoms with E-state index in [4.69, 9.17) is 0 Å². The summed E-state index contributed by atoms with van der Waals surface area (Å²) in [6, 6.07) is 9.13. The van der Waals surface area contributed by atoms with E-state index in [-0.39, 0.29) is 0 Å². The Bertz CT molecular complexity index is 409. The lowest BCUT2D eigenvalue weighted by atomic mass is 9.98. The smallest absolute Gasteiger partial charge is 0.249 e. The average molecular weight is 215 g/mol. The maximum Gasteiger partial charge on any atom is 0.249 e. The number of nitrogens with one attached hydrogen (secondary N) is 1. The lowest BCUT2D eigenvalue weighted by molar-refractivity contribution is -0.128. The monoisotopic (exact) mass is 215 g/mol. The van der Waals surface area contributed by atoms with Gasteiger partial charge in [-0.25, -0.2) is 0 Å². The van der Waals surface area contributed by atoms with Crippen LogP contribution in [0.15, 0.2) is 55.6 Å². The molecule has 0 saturated carbocycles. The maximum atomic E-state index is 11.7. The standard InChI is InChI=1S/C13H13NO2/c1-3-11(10-8-6-5-7-9-10)13(16)14-12(15)4-2/h3-9,11H,1-2H2,(H,14,15,16)/t11-/m0/s1. The SMILES string of the molecule is C=CC(=O)NC(=O)[C@@H](C=C)c1ccccc1. The van der Waals surface area contributed by atoms with E-state index in [1.807, 2.05) is 30.3 Å². The second kappa shape index (κ2) is 5.66. The Balaban J connectivity index is 2.83. The Kier molecular flexibility index (Phi) is 4.21. The van der Waals surface area contributed by atoms with Crippen molar-refractivity contribution in [2.24, 2.45) is 0 Å². The molecule has 0 saturated heterocycles. The number of carbonyl (C=O) groups excluding carboxylic acids is 2. The second-order valence-electron chi connectivity index (χ2n) is 3.18. The van der Waals surface area contributed by atoms with E-state index in [2.05, 4.69) is 18.5 Å². The van der Waals surface area contributed by atoms with Crippen molar-refractivity contribution in [1.82, 2.24) is 5.32 Å². The number of hydrogen-bond acceptors (Lipinski definition) is 2. The van der Waals surface area contributed by atoms with Crippen LogP contribution in [0.25, 0.3) is 0 Å². The molecule has 1 aromatic rings. The van der Waals surface area contributed by atoms with Crippen molar-refractivity contribution in [2.75, 3.05) is 0 Å². The van der Waals surface area contributed by atoms with E-state index in [0.717, 1.165) is 11.6 Å². The molecule has 1 rings (SSSR count). The van der Waals surface area contributed by atoms with Crippen molar-refractivity contribution < 1.29 is 9.59 Å². The third kappa shape index (κ3) is 2.92. The summed E-state index contributed by atoms with van der Waals surface area (Å²) >= 11 is 0. The summed E-state index contributed by atoms with van der Waals surface area (Å²) in [5.41, 5.74) is 0.798. The summed E-state index contributed by atoms with van der Waals surface area (Å²) in [5, 5.41) is 2.21. The Labute approximate surface area is 94.5 Å². The second-order valence-corrected chi connectivity index (χ2v) is 3.18. The lowest BCUT2D eigenvalue weighted by Gasteiger charge is -2.11. The summed E-state index contributed by atoms with van der Waals surface area (Å²) in [4.78, 5) is 22.7. The molecule has 0 heterocycles. The van der Waals surface area contributed by atoms with Gasteiger partial charge in [0.05, 0.1) is 5.92 Å². The van der Waals surface area contributed by atoms with E-state index < -0.39 is 17.7 Å². The van der Waals surface area contributed by atoms with Crippen molar-refractivity contribution in [1.29, 1.82) is 0 Å². The number of amides is 2. The summed E-state index contributed by atoms with van der Waals surface area (Å²) in [6.45, 7) is 6.88. The van der Waals surface area contributed by atoms with Gasteiger partial charge in [-0.15, -0.1) is 6.58 Å². The van der Waals surface area contributed by atoms with Gasteiger partial charge in [0.1, 0.15) is 0 Å². The normalized spacial score (nSPS) is 11.2. The van der Waals surface area contributed by atoms with Crippen LogP contribution in [0, 0.1) is 0 Å². The Hall–Kier alpha value is -2.16. The van der Waals surface area contributed by atoms with Crippen LogP contribution in [-0.4, -0.2) is 11.8 Å². The fourth-order valence-corrected chi connectivity index (χ4v) is 1.31. The minimum absolute atomic E-state index is 0.397. The van der Waals surface area contributed by atoms with Gasteiger partial charge < -0.3 is 0 Å². The Morgan fingerprint density at radius 3 is 2.31 bits per heavy atom. The first-order chi connectivity index (χ1) is 7.69. The molecule has 1 aromatic carbocycles. The molecule has 82 valence electrons. The summed E-state index contributed by atoms with van der Waals surface area (Å²) in [7, 11) is 0. The molecule has 2 amide bonds. The largest absolute Gasteiger partial charge is 0.292 e. The van der Waals surface area contributed by atoms with Crippen molar-refractivity contribution in [3.63, 3.8) is 0 Å². The summed E-state index contributed by atoms with van der Waals surface area (Å²) in [6.07, 6.45) is 2.56. The number of hydrogen-bond donors (Lipinski definition) is 1. The zero-order valence-corrected chi connectivity index (χ0v) is 8.85. The zero-order chi connectivity index (χ0) is 12.0. The minimum atomic E-state index is -0.523. The Morgan fingerprint density at radius 2 is 1.81 bits per heavy atom. The first kappa shape index (κ1) is 11.9. The lowest BCUT2D eigenvalue weighted by Crippen LogP contribution is -2.32. The van der Waals surface area contributed by atoms with Gasteiger partial charge in [0.2, 0.25) is 11.8 Å². The van der Waals surface area contributed by atoms with E-state index in [1.54, 1.807) is 0 Å². The van der Waals surface area contributed by atoms with E-state index >= 15 is 0 Å². The predicted molar refractivity (Wildman–Crippen MR) is 62.7 cm³/mol. The summed E-state index contributed by atoms with van der Waals surface area (Å²) < 4.78 is 0. The first-order valence-corrected chi connectivity index (χ1v) is 4.83. The molecule has 1 N–H and O–H groups in total. The third-order valence-corrected chi connectivity index (χ3v) is 2.11. The number of imide groups is 1. The van der Waals surface area contributed by atoms with Gasteiger partial charge in [0, 0.05) is 0 Å². The summed E-state index contributed by atoms with van der Waals surface area (Å²) in [5.74, 6) is -1.43. The molecule has 16 heavy (non-hydrogen) atoms. The molecule has 0 aliphatic rings. The van der Waals surface area contributed by atoms with Crippen LogP contribution in [0.3, 0.4) is 0 Å². The average Bonchev–Trinajstić information content (AvgIpc) is 2.31. The highest BCUT2D eigenvalue weighted by atomic mass is 16.2. The van der Waals surface area contributed by atoms with E-state index in [1.165, 1.54) is 6.08 Å². The van der Waals surface area contributed by atoms with Crippen molar-refractivity contribution in [3.05, 3.63) is 61.2 Å². The molecule has 0 bridgehead atoms. The van der Waals surface area contributed by atoms with Gasteiger partial charge in [-0.05, 0) is 11.6 Å². The third-order valence-electron chi connectivity index (χ3n) is 2.11. The van der Waals surface area contributed by atoms with Crippen molar-refractivity contribution in [2.45, 2.75) is 5.92 Å².